The molecule has 0 fully saturated rings. The lowest BCUT2D eigenvalue weighted by molar-refractivity contribution is 0.340. The van der Waals surface area contributed by atoms with E-state index in [1.165, 1.54) is 21.5 Å². The van der Waals surface area contributed by atoms with Gasteiger partial charge in [0.25, 0.3) is 0 Å². The van der Waals surface area contributed by atoms with Crippen molar-refractivity contribution in [2.45, 2.75) is 26.2 Å². The van der Waals surface area contributed by atoms with Crippen molar-refractivity contribution >= 4 is 38.2 Å². The predicted molar refractivity (Wildman–Crippen MR) is 102 cm³/mol. The zero-order valence-electron chi connectivity index (χ0n) is 13.2. The number of thiophene rings is 1. The van der Waals surface area contributed by atoms with Crippen molar-refractivity contribution in [1.29, 1.82) is 0 Å². The van der Waals surface area contributed by atoms with E-state index in [0.717, 1.165) is 40.9 Å². The third-order valence-electron chi connectivity index (χ3n) is 3.89. The van der Waals surface area contributed by atoms with E-state index in [4.69, 9.17) is 10.5 Å². The summed E-state index contributed by atoms with van der Waals surface area (Å²) in [5.41, 5.74) is 9.42. The number of ether oxygens (including phenoxy) is 1. The second-order valence-corrected chi connectivity index (χ2v) is 7.93. The average Bonchev–Trinajstić information content (AvgIpc) is 3.12. The number of fused-ring (bicyclic) bond motifs is 1. The van der Waals surface area contributed by atoms with Gasteiger partial charge in [-0.25, -0.2) is 0 Å². The Kier molecular flexibility index (Phi) is 5.41. The quantitative estimate of drug-likeness (QED) is 0.533. The molecule has 0 saturated heterocycles. The molecule has 0 spiro atoms. The van der Waals surface area contributed by atoms with Gasteiger partial charge in [-0.05, 0) is 84.6 Å². The average molecular weight is 393 g/mol. The maximum Gasteiger partial charge on any atom is 0.120 e. The van der Waals surface area contributed by atoms with E-state index in [1.54, 1.807) is 11.3 Å². The van der Waals surface area contributed by atoms with E-state index in [9.17, 15) is 0 Å². The minimum Gasteiger partial charge on any atom is -0.494 e. The molecule has 0 aliphatic heterocycles. The molecule has 23 heavy (non-hydrogen) atoms. The van der Waals surface area contributed by atoms with Crippen LogP contribution in [-0.4, -0.2) is 18.1 Å². The molecule has 1 aromatic carbocycles. The SMILES string of the molecule is CCOc1ccc2[nH]c(-c3ccc(Br)s3)c(CCCCN)c2c1. The number of unbranched alkanes of at least 4 members (excludes halogenated alkanes) is 1. The Morgan fingerprint density at radius 1 is 1.22 bits per heavy atom. The molecule has 0 radical (unpaired) electrons. The number of aryl methyl sites for hydroxylation is 1. The van der Waals surface area contributed by atoms with E-state index >= 15 is 0 Å². The van der Waals surface area contributed by atoms with Crippen molar-refractivity contribution in [3.8, 4) is 16.3 Å². The molecule has 3 nitrogen and oxygen atoms in total. The highest BCUT2D eigenvalue weighted by Crippen LogP contribution is 2.38. The summed E-state index contributed by atoms with van der Waals surface area (Å²) in [4.78, 5) is 4.85. The highest BCUT2D eigenvalue weighted by Gasteiger charge is 2.15. The Morgan fingerprint density at radius 3 is 2.78 bits per heavy atom. The Bertz CT molecular complexity index is 794. The third-order valence-corrected chi connectivity index (χ3v) is 5.53. The molecule has 2 heterocycles. The molecule has 0 atom stereocenters. The van der Waals surface area contributed by atoms with Gasteiger partial charge in [0.2, 0.25) is 0 Å². The van der Waals surface area contributed by atoms with Crippen molar-refractivity contribution in [1.82, 2.24) is 4.98 Å². The van der Waals surface area contributed by atoms with Gasteiger partial charge in [0.05, 0.1) is 21.0 Å². The van der Waals surface area contributed by atoms with Crippen LogP contribution in [0.25, 0.3) is 21.5 Å². The van der Waals surface area contributed by atoms with E-state index in [2.05, 4.69) is 45.2 Å². The van der Waals surface area contributed by atoms with Crippen LogP contribution in [0.4, 0.5) is 0 Å². The number of aromatic amines is 1. The molecule has 0 aliphatic carbocycles. The van der Waals surface area contributed by atoms with Crippen molar-refractivity contribution in [3.63, 3.8) is 0 Å². The lowest BCUT2D eigenvalue weighted by atomic mass is 10.0. The maximum absolute atomic E-state index is 5.67. The summed E-state index contributed by atoms with van der Waals surface area (Å²) in [7, 11) is 0. The molecule has 0 amide bonds. The van der Waals surface area contributed by atoms with Gasteiger partial charge in [-0.2, -0.15) is 0 Å². The Hall–Kier alpha value is -1.30. The van der Waals surface area contributed by atoms with Crippen molar-refractivity contribution < 1.29 is 4.74 Å². The van der Waals surface area contributed by atoms with Gasteiger partial charge in [-0.1, -0.05) is 0 Å². The van der Waals surface area contributed by atoms with E-state index in [0.29, 0.717) is 6.61 Å². The van der Waals surface area contributed by atoms with Gasteiger partial charge in [-0.15, -0.1) is 11.3 Å². The number of nitrogens with two attached hydrogens (primary N) is 1. The number of benzene rings is 1. The van der Waals surface area contributed by atoms with Gasteiger partial charge in [-0.3, -0.25) is 0 Å². The molecule has 3 aromatic rings. The number of nitrogens with one attached hydrogen (secondary N) is 1. The fourth-order valence-corrected chi connectivity index (χ4v) is 4.26. The number of H-pyrrole nitrogens is 1. The molecule has 3 N–H and O–H groups in total. The minimum absolute atomic E-state index is 0.684. The lowest BCUT2D eigenvalue weighted by Gasteiger charge is -2.05. The summed E-state index contributed by atoms with van der Waals surface area (Å²) in [6.45, 7) is 3.44. The van der Waals surface area contributed by atoms with Gasteiger partial charge in [0, 0.05) is 10.9 Å². The van der Waals surface area contributed by atoms with Crippen LogP contribution in [0.5, 0.6) is 5.75 Å². The molecular weight excluding hydrogens is 372 g/mol. The van der Waals surface area contributed by atoms with Gasteiger partial charge in [0.15, 0.2) is 0 Å². The Labute approximate surface area is 149 Å². The molecule has 5 heteroatoms. The summed E-state index contributed by atoms with van der Waals surface area (Å²) >= 11 is 5.32. The first-order valence-electron chi connectivity index (χ1n) is 7.96. The van der Waals surface area contributed by atoms with Gasteiger partial charge >= 0.3 is 0 Å². The number of rotatable bonds is 7. The highest BCUT2D eigenvalue weighted by atomic mass is 79.9. The second kappa shape index (κ2) is 7.51. The molecule has 0 saturated carbocycles. The van der Waals surface area contributed by atoms with Crippen LogP contribution in [0.1, 0.15) is 25.3 Å². The van der Waals surface area contributed by atoms with E-state index < -0.39 is 0 Å². The minimum atomic E-state index is 0.684. The van der Waals surface area contributed by atoms with Gasteiger partial charge < -0.3 is 15.5 Å². The summed E-state index contributed by atoms with van der Waals surface area (Å²) in [6.07, 6.45) is 3.17. The smallest absolute Gasteiger partial charge is 0.120 e. The van der Waals surface area contributed by atoms with Crippen LogP contribution in [0.3, 0.4) is 0 Å². The normalized spacial score (nSPS) is 11.3. The molecule has 0 bridgehead atoms. The summed E-state index contributed by atoms with van der Waals surface area (Å²) in [6, 6.07) is 10.6. The van der Waals surface area contributed by atoms with E-state index in [1.807, 2.05) is 13.0 Å². The zero-order valence-corrected chi connectivity index (χ0v) is 15.6. The van der Waals surface area contributed by atoms with Crippen LogP contribution < -0.4 is 10.5 Å². The van der Waals surface area contributed by atoms with E-state index in [-0.39, 0.29) is 0 Å². The molecular formula is C18H21BrN2OS. The first kappa shape index (κ1) is 16.6. The number of aromatic nitrogens is 1. The summed E-state index contributed by atoms with van der Waals surface area (Å²) in [5, 5.41) is 1.26. The number of halogens is 1. The van der Waals surface area contributed by atoms with Crippen LogP contribution >= 0.6 is 27.3 Å². The highest BCUT2D eigenvalue weighted by molar-refractivity contribution is 9.11. The molecule has 0 unspecified atom stereocenters. The zero-order chi connectivity index (χ0) is 16.2. The fourth-order valence-electron chi connectivity index (χ4n) is 2.85. The first-order valence-corrected chi connectivity index (χ1v) is 9.57. The third kappa shape index (κ3) is 3.62. The molecule has 3 rings (SSSR count). The molecule has 0 aliphatic rings. The number of hydrogen-bond donors (Lipinski definition) is 2. The standard InChI is InChI=1S/C18H21BrN2OS/c1-2-22-12-6-7-15-14(11-12)13(5-3-4-10-20)18(21-15)16-8-9-17(19)23-16/h6-9,11,21H,2-5,10,20H2,1H3. The van der Waals surface area contributed by atoms with Gasteiger partial charge in [0.1, 0.15) is 5.75 Å². The van der Waals surface area contributed by atoms with Crippen molar-refractivity contribution in [2.24, 2.45) is 5.73 Å². The summed E-state index contributed by atoms with van der Waals surface area (Å²) in [5.74, 6) is 0.929. The fraction of sp³-hybridized carbons (Fsp3) is 0.333. The first-order chi connectivity index (χ1) is 11.2. The monoisotopic (exact) mass is 392 g/mol. The van der Waals surface area contributed by atoms with Crippen molar-refractivity contribution in [3.05, 3.63) is 39.7 Å². The van der Waals surface area contributed by atoms with Crippen LogP contribution in [0.15, 0.2) is 34.1 Å². The summed E-state index contributed by atoms with van der Waals surface area (Å²) < 4.78 is 6.82. The largest absolute Gasteiger partial charge is 0.494 e. The predicted octanol–water partition coefficient (Wildman–Crippen LogP) is 5.34. The lowest BCUT2D eigenvalue weighted by Crippen LogP contribution is -1.99. The van der Waals surface area contributed by atoms with Crippen LogP contribution in [0, 0.1) is 0 Å². The van der Waals surface area contributed by atoms with Crippen LogP contribution in [-0.2, 0) is 6.42 Å². The molecule has 2 aromatic heterocycles. The topological polar surface area (TPSA) is 51.0 Å². The maximum atomic E-state index is 5.67. The molecule has 122 valence electrons. The van der Waals surface area contributed by atoms with Crippen molar-refractivity contribution in [2.75, 3.05) is 13.2 Å². The van der Waals surface area contributed by atoms with Crippen LogP contribution in [0.2, 0.25) is 0 Å². The Morgan fingerprint density at radius 2 is 2.09 bits per heavy atom. The second-order valence-electron chi connectivity index (χ2n) is 5.47. The number of hydrogen-bond acceptors (Lipinski definition) is 3. The Balaban J connectivity index is 2.07.